The SMILES string of the molecule is NC(=O)c1ccccc1NC(=O)c1csc2nc(-c3ccc(F)cc3)cn12. The van der Waals surface area contributed by atoms with E-state index in [1.165, 1.54) is 23.5 Å². The van der Waals surface area contributed by atoms with Gasteiger partial charge in [0.05, 0.1) is 16.9 Å². The number of nitrogens with zero attached hydrogens (tertiary/aromatic N) is 2. The largest absolute Gasteiger partial charge is 0.366 e. The summed E-state index contributed by atoms with van der Waals surface area (Å²) >= 11 is 1.31. The molecule has 0 saturated carbocycles. The lowest BCUT2D eigenvalue weighted by Gasteiger charge is -2.08. The van der Waals surface area contributed by atoms with E-state index in [4.69, 9.17) is 5.73 Å². The Balaban J connectivity index is 1.67. The molecule has 2 heterocycles. The van der Waals surface area contributed by atoms with E-state index in [2.05, 4.69) is 10.3 Å². The van der Waals surface area contributed by atoms with Gasteiger partial charge in [0.1, 0.15) is 11.5 Å². The van der Waals surface area contributed by atoms with Gasteiger partial charge in [-0.05, 0) is 36.4 Å². The van der Waals surface area contributed by atoms with Gasteiger partial charge in [0.2, 0.25) is 0 Å². The summed E-state index contributed by atoms with van der Waals surface area (Å²) in [6, 6.07) is 12.5. The Kier molecular flexibility index (Phi) is 4.17. The number of anilines is 1. The van der Waals surface area contributed by atoms with Crippen molar-refractivity contribution in [1.29, 1.82) is 0 Å². The van der Waals surface area contributed by atoms with Gasteiger partial charge in [-0.25, -0.2) is 9.37 Å². The summed E-state index contributed by atoms with van der Waals surface area (Å²) in [6.07, 6.45) is 1.72. The summed E-state index contributed by atoms with van der Waals surface area (Å²) in [5, 5.41) is 4.39. The fourth-order valence-corrected chi connectivity index (χ4v) is 3.55. The number of primary amides is 1. The second-order valence-electron chi connectivity index (χ2n) is 5.77. The number of imidazole rings is 1. The smallest absolute Gasteiger partial charge is 0.273 e. The molecule has 0 spiro atoms. The van der Waals surface area contributed by atoms with Gasteiger partial charge in [0.25, 0.3) is 11.8 Å². The Hall–Kier alpha value is -3.52. The first kappa shape index (κ1) is 16.9. The Morgan fingerprint density at radius 3 is 2.59 bits per heavy atom. The molecule has 134 valence electrons. The van der Waals surface area contributed by atoms with Crippen molar-refractivity contribution in [2.45, 2.75) is 0 Å². The fourth-order valence-electron chi connectivity index (χ4n) is 2.70. The molecule has 0 unspecified atom stereocenters. The molecular weight excluding hydrogens is 367 g/mol. The topological polar surface area (TPSA) is 89.5 Å². The fraction of sp³-hybridized carbons (Fsp3) is 0. The Morgan fingerprint density at radius 2 is 1.85 bits per heavy atom. The number of nitrogens with two attached hydrogens (primary N) is 1. The summed E-state index contributed by atoms with van der Waals surface area (Å²) in [5.74, 6) is -1.34. The highest BCUT2D eigenvalue weighted by atomic mass is 32.1. The van der Waals surface area contributed by atoms with Crippen LogP contribution in [-0.2, 0) is 0 Å². The van der Waals surface area contributed by atoms with Gasteiger partial charge in [-0.2, -0.15) is 0 Å². The van der Waals surface area contributed by atoms with Gasteiger partial charge in [-0.15, -0.1) is 11.3 Å². The van der Waals surface area contributed by atoms with Gasteiger partial charge in [0, 0.05) is 17.1 Å². The summed E-state index contributed by atoms with van der Waals surface area (Å²) in [6.45, 7) is 0. The molecule has 2 amide bonds. The van der Waals surface area contributed by atoms with Crippen LogP contribution in [0, 0.1) is 5.82 Å². The monoisotopic (exact) mass is 380 g/mol. The van der Waals surface area contributed by atoms with E-state index in [1.54, 1.807) is 52.4 Å². The highest BCUT2D eigenvalue weighted by molar-refractivity contribution is 7.15. The minimum Gasteiger partial charge on any atom is -0.366 e. The third-order valence-corrected chi connectivity index (χ3v) is 4.86. The third-order valence-electron chi connectivity index (χ3n) is 4.02. The van der Waals surface area contributed by atoms with E-state index in [-0.39, 0.29) is 11.4 Å². The summed E-state index contributed by atoms with van der Waals surface area (Å²) in [5.41, 5.74) is 7.67. The molecule has 0 bridgehead atoms. The first-order valence-electron chi connectivity index (χ1n) is 7.95. The second-order valence-corrected chi connectivity index (χ2v) is 6.61. The number of halogens is 1. The van der Waals surface area contributed by atoms with E-state index >= 15 is 0 Å². The zero-order valence-electron chi connectivity index (χ0n) is 13.8. The molecule has 0 aliphatic carbocycles. The van der Waals surface area contributed by atoms with E-state index in [9.17, 15) is 14.0 Å². The van der Waals surface area contributed by atoms with Crippen molar-refractivity contribution in [3.05, 3.63) is 77.2 Å². The average Bonchev–Trinajstić information content (AvgIpc) is 3.23. The number of amides is 2. The highest BCUT2D eigenvalue weighted by Crippen LogP contribution is 2.25. The number of rotatable bonds is 4. The number of hydrogen-bond acceptors (Lipinski definition) is 4. The van der Waals surface area contributed by atoms with Gasteiger partial charge >= 0.3 is 0 Å². The number of benzene rings is 2. The molecule has 6 nitrogen and oxygen atoms in total. The molecule has 0 aliphatic rings. The van der Waals surface area contributed by atoms with Crippen molar-refractivity contribution in [3.63, 3.8) is 0 Å². The van der Waals surface area contributed by atoms with Gasteiger partial charge in [0.15, 0.2) is 4.96 Å². The first-order chi connectivity index (χ1) is 13.0. The van der Waals surface area contributed by atoms with Crippen LogP contribution in [0.15, 0.2) is 60.1 Å². The molecule has 27 heavy (non-hydrogen) atoms. The zero-order valence-corrected chi connectivity index (χ0v) is 14.7. The predicted octanol–water partition coefficient (Wildman–Crippen LogP) is 3.55. The number of carbonyl (C=O) groups excluding carboxylic acids is 2. The molecule has 8 heteroatoms. The lowest BCUT2D eigenvalue weighted by Crippen LogP contribution is -2.19. The second kappa shape index (κ2) is 6.65. The maximum Gasteiger partial charge on any atom is 0.273 e. The van der Waals surface area contributed by atoms with Crippen molar-refractivity contribution < 1.29 is 14.0 Å². The number of fused-ring (bicyclic) bond motifs is 1. The van der Waals surface area contributed by atoms with E-state index in [1.807, 2.05) is 0 Å². The van der Waals surface area contributed by atoms with Crippen LogP contribution in [-0.4, -0.2) is 21.2 Å². The first-order valence-corrected chi connectivity index (χ1v) is 8.83. The molecule has 3 N–H and O–H groups in total. The Labute approximate surface area is 157 Å². The number of aromatic nitrogens is 2. The van der Waals surface area contributed by atoms with Crippen LogP contribution >= 0.6 is 11.3 Å². The molecule has 4 aromatic rings. The number of carbonyl (C=O) groups is 2. The lowest BCUT2D eigenvalue weighted by atomic mass is 10.1. The molecule has 0 radical (unpaired) electrons. The quantitative estimate of drug-likeness (QED) is 0.567. The van der Waals surface area contributed by atoms with Crippen molar-refractivity contribution in [3.8, 4) is 11.3 Å². The number of para-hydroxylation sites is 1. The zero-order chi connectivity index (χ0) is 19.0. The Bertz CT molecular complexity index is 1160. The molecule has 4 rings (SSSR count). The molecule has 2 aromatic carbocycles. The van der Waals surface area contributed by atoms with Crippen LogP contribution < -0.4 is 11.1 Å². The van der Waals surface area contributed by atoms with Gasteiger partial charge in [-0.1, -0.05) is 12.1 Å². The normalized spacial score (nSPS) is 10.9. The van der Waals surface area contributed by atoms with Gasteiger partial charge in [-0.3, -0.25) is 14.0 Å². The molecule has 0 fully saturated rings. The maximum absolute atomic E-state index is 13.1. The Morgan fingerprint density at radius 1 is 1.11 bits per heavy atom. The van der Waals surface area contributed by atoms with Crippen LogP contribution in [0.5, 0.6) is 0 Å². The van der Waals surface area contributed by atoms with Crippen molar-refractivity contribution in [1.82, 2.24) is 9.38 Å². The van der Waals surface area contributed by atoms with Crippen LogP contribution in [0.25, 0.3) is 16.2 Å². The standard InChI is InChI=1S/C19H13FN4O2S/c20-12-7-5-11(6-8-12)15-9-24-16(10-27-19(24)23-15)18(26)22-14-4-2-1-3-13(14)17(21)25/h1-10H,(H2,21,25)(H,22,26). The molecule has 2 aromatic heterocycles. The molecule has 0 aliphatic heterocycles. The van der Waals surface area contributed by atoms with E-state index in [0.717, 1.165) is 5.56 Å². The third kappa shape index (κ3) is 3.18. The average molecular weight is 380 g/mol. The van der Waals surface area contributed by atoms with Crippen LogP contribution in [0.1, 0.15) is 20.8 Å². The number of nitrogens with one attached hydrogen (secondary N) is 1. The molecule has 0 atom stereocenters. The van der Waals surface area contributed by atoms with Crippen molar-refractivity contribution in [2.24, 2.45) is 5.73 Å². The van der Waals surface area contributed by atoms with E-state index in [0.29, 0.717) is 22.0 Å². The number of thiazole rings is 1. The van der Waals surface area contributed by atoms with Gasteiger partial charge < -0.3 is 11.1 Å². The summed E-state index contributed by atoms with van der Waals surface area (Å²) in [7, 11) is 0. The molecular formula is C19H13FN4O2S. The van der Waals surface area contributed by atoms with Crippen molar-refractivity contribution >= 4 is 33.8 Å². The van der Waals surface area contributed by atoms with E-state index < -0.39 is 11.8 Å². The summed E-state index contributed by atoms with van der Waals surface area (Å²) < 4.78 is 14.8. The van der Waals surface area contributed by atoms with Crippen molar-refractivity contribution in [2.75, 3.05) is 5.32 Å². The lowest BCUT2D eigenvalue weighted by molar-refractivity contribution is 0.100. The molecule has 0 saturated heterocycles. The van der Waals surface area contributed by atoms with Crippen LogP contribution in [0.3, 0.4) is 0 Å². The summed E-state index contributed by atoms with van der Waals surface area (Å²) in [4.78, 5) is 29.3. The van der Waals surface area contributed by atoms with Crippen LogP contribution in [0.4, 0.5) is 10.1 Å². The maximum atomic E-state index is 13.1. The predicted molar refractivity (Wildman–Crippen MR) is 101 cm³/mol. The highest BCUT2D eigenvalue weighted by Gasteiger charge is 2.17. The minimum absolute atomic E-state index is 0.231. The number of hydrogen-bond donors (Lipinski definition) is 2. The van der Waals surface area contributed by atoms with Crippen LogP contribution in [0.2, 0.25) is 0 Å². The minimum atomic E-state index is -0.623.